The van der Waals surface area contributed by atoms with Gasteiger partial charge in [-0.15, -0.1) is 12.4 Å². The Balaban J connectivity index is 0.00000288. The van der Waals surface area contributed by atoms with Gasteiger partial charge in [0.2, 0.25) is 5.91 Å². The highest BCUT2D eigenvalue weighted by atomic mass is 35.5. The minimum absolute atomic E-state index is 0. The number of benzene rings is 1. The van der Waals surface area contributed by atoms with Crippen molar-refractivity contribution >= 4 is 24.0 Å². The molecule has 1 atom stereocenters. The molecule has 9 heteroatoms. The van der Waals surface area contributed by atoms with Gasteiger partial charge in [0.1, 0.15) is 0 Å². The van der Waals surface area contributed by atoms with E-state index in [1.807, 2.05) is 13.8 Å². The van der Waals surface area contributed by atoms with Crippen LogP contribution in [0.25, 0.3) is 5.69 Å². The van der Waals surface area contributed by atoms with Crippen molar-refractivity contribution in [1.29, 1.82) is 0 Å². The molecule has 0 spiro atoms. The number of carbonyl (C=O) groups excluding carboxylic acids is 1. The molecule has 1 aromatic carbocycles. The fourth-order valence-electron chi connectivity index (χ4n) is 1.86. The van der Waals surface area contributed by atoms with Crippen molar-refractivity contribution in [2.75, 3.05) is 5.32 Å². The van der Waals surface area contributed by atoms with Crippen LogP contribution in [0.3, 0.4) is 0 Å². The standard InChI is InChI=1S/C15H17F3N4O.ClH/c1-9(2)13(19)14(23)21-11-7-20-22(8-11)12-5-3-10(4-6-12)15(16,17)18;/h3-9,13H,19H2,1-2H3,(H,21,23);1H/t13-;/m0./s1. The largest absolute Gasteiger partial charge is 0.416 e. The molecule has 0 unspecified atom stereocenters. The van der Waals surface area contributed by atoms with Gasteiger partial charge in [-0.3, -0.25) is 4.79 Å². The Morgan fingerprint density at radius 1 is 1.25 bits per heavy atom. The normalized spacial score (nSPS) is 12.6. The molecule has 24 heavy (non-hydrogen) atoms. The zero-order valence-corrected chi connectivity index (χ0v) is 13.9. The van der Waals surface area contributed by atoms with Gasteiger partial charge < -0.3 is 11.1 Å². The molecule has 0 saturated heterocycles. The van der Waals surface area contributed by atoms with E-state index in [2.05, 4.69) is 10.4 Å². The van der Waals surface area contributed by atoms with Crippen LogP contribution in [0.1, 0.15) is 19.4 Å². The van der Waals surface area contributed by atoms with Gasteiger partial charge in [-0.1, -0.05) is 13.8 Å². The van der Waals surface area contributed by atoms with Gasteiger partial charge in [0.05, 0.1) is 35.4 Å². The van der Waals surface area contributed by atoms with E-state index in [1.165, 1.54) is 29.2 Å². The molecule has 0 radical (unpaired) electrons. The van der Waals surface area contributed by atoms with E-state index in [9.17, 15) is 18.0 Å². The summed E-state index contributed by atoms with van der Waals surface area (Å²) in [4.78, 5) is 11.9. The molecule has 0 aliphatic heterocycles. The molecular formula is C15H18ClF3N4O. The molecule has 5 nitrogen and oxygen atoms in total. The summed E-state index contributed by atoms with van der Waals surface area (Å²) in [5.74, 6) is -0.355. The summed E-state index contributed by atoms with van der Waals surface area (Å²) < 4.78 is 39.0. The van der Waals surface area contributed by atoms with Crippen LogP contribution in [0.15, 0.2) is 36.7 Å². The number of carbonyl (C=O) groups is 1. The van der Waals surface area contributed by atoms with Gasteiger partial charge in [-0.2, -0.15) is 18.3 Å². The smallest absolute Gasteiger partial charge is 0.322 e. The average Bonchev–Trinajstić information content (AvgIpc) is 2.94. The lowest BCUT2D eigenvalue weighted by molar-refractivity contribution is -0.137. The number of nitrogens with two attached hydrogens (primary N) is 1. The number of anilines is 1. The molecule has 0 fully saturated rings. The van der Waals surface area contributed by atoms with E-state index in [-0.39, 0.29) is 24.2 Å². The first-order valence-corrected chi connectivity index (χ1v) is 6.97. The molecule has 132 valence electrons. The van der Waals surface area contributed by atoms with Crippen molar-refractivity contribution in [1.82, 2.24) is 9.78 Å². The maximum atomic E-state index is 12.5. The van der Waals surface area contributed by atoms with Gasteiger partial charge in [-0.05, 0) is 30.2 Å². The van der Waals surface area contributed by atoms with Crippen LogP contribution in [-0.4, -0.2) is 21.7 Å². The van der Waals surface area contributed by atoms with Gasteiger partial charge in [0.15, 0.2) is 0 Å². The zero-order chi connectivity index (χ0) is 17.2. The highest BCUT2D eigenvalue weighted by molar-refractivity contribution is 5.94. The summed E-state index contributed by atoms with van der Waals surface area (Å²) in [5, 5.41) is 6.64. The molecule has 3 N–H and O–H groups in total. The van der Waals surface area contributed by atoms with E-state index < -0.39 is 17.8 Å². The molecule has 0 aliphatic carbocycles. The lowest BCUT2D eigenvalue weighted by Gasteiger charge is -2.14. The first-order valence-electron chi connectivity index (χ1n) is 6.97. The van der Waals surface area contributed by atoms with Gasteiger partial charge in [0.25, 0.3) is 0 Å². The monoisotopic (exact) mass is 362 g/mol. The zero-order valence-electron chi connectivity index (χ0n) is 13.0. The Labute approximate surface area is 143 Å². The van der Waals surface area contributed by atoms with Crippen molar-refractivity contribution in [3.05, 3.63) is 42.2 Å². The fraction of sp³-hybridized carbons (Fsp3) is 0.333. The maximum absolute atomic E-state index is 12.5. The van der Waals surface area contributed by atoms with E-state index in [0.29, 0.717) is 11.4 Å². The van der Waals surface area contributed by atoms with Crippen molar-refractivity contribution in [3.8, 4) is 5.69 Å². The highest BCUT2D eigenvalue weighted by Crippen LogP contribution is 2.29. The number of alkyl halides is 3. The first kappa shape index (κ1) is 20.0. The van der Waals surface area contributed by atoms with Crippen LogP contribution in [0.2, 0.25) is 0 Å². The van der Waals surface area contributed by atoms with Crippen LogP contribution in [0.5, 0.6) is 0 Å². The Hall–Kier alpha value is -2.06. The number of nitrogens with one attached hydrogen (secondary N) is 1. The number of aromatic nitrogens is 2. The summed E-state index contributed by atoms with van der Waals surface area (Å²) in [5.41, 5.74) is 5.88. The predicted octanol–water partition coefficient (Wildman–Crippen LogP) is 3.23. The minimum Gasteiger partial charge on any atom is -0.322 e. The number of nitrogens with zero attached hydrogens (tertiary/aromatic N) is 2. The highest BCUT2D eigenvalue weighted by Gasteiger charge is 2.30. The Morgan fingerprint density at radius 2 is 1.83 bits per heavy atom. The first-order chi connectivity index (χ1) is 10.7. The van der Waals surface area contributed by atoms with Crippen LogP contribution in [-0.2, 0) is 11.0 Å². The molecular weight excluding hydrogens is 345 g/mol. The second kappa shape index (κ2) is 7.67. The molecule has 1 heterocycles. The van der Waals surface area contributed by atoms with Crippen molar-refractivity contribution in [2.45, 2.75) is 26.1 Å². The number of amides is 1. The molecule has 0 saturated carbocycles. The van der Waals surface area contributed by atoms with Crippen LogP contribution in [0.4, 0.5) is 18.9 Å². The molecule has 0 aliphatic rings. The van der Waals surface area contributed by atoms with Crippen LogP contribution >= 0.6 is 12.4 Å². The van der Waals surface area contributed by atoms with Gasteiger partial charge in [0, 0.05) is 0 Å². The quantitative estimate of drug-likeness (QED) is 0.877. The Kier molecular flexibility index (Phi) is 6.39. The summed E-state index contributed by atoms with van der Waals surface area (Å²) in [7, 11) is 0. The number of rotatable bonds is 4. The minimum atomic E-state index is -4.38. The third-order valence-electron chi connectivity index (χ3n) is 3.33. The summed E-state index contributed by atoms with van der Waals surface area (Å²) in [6.45, 7) is 3.66. The van der Waals surface area contributed by atoms with Crippen molar-refractivity contribution in [3.63, 3.8) is 0 Å². The van der Waals surface area contributed by atoms with Gasteiger partial charge in [-0.25, -0.2) is 4.68 Å². The Bertz CT molecular complexity index is 683. The number of halogens is 4. The summed E-state index contributed by atoms with van der Waals surface area (Å²) in [6, 6.07) is 3.92. The molecule has 2 aromatic rings. The Morgan fingerprint density at radius 3 is 2.33 bits per heavy atom. The average molecular weight is 363 g/mol. The maximum Gasteiger partial charge on any atom is 0.416 e. The topological polar surface area (TPSA) is 72.9 Å². The second-order valence-corrected chi connectivity index (χ2v) is 5.48. The number of hydrogen-bond acceptors (Lipinski definition) is 3. The van der Waals surface area contributed by atoms with Crippen molar-refractivity contribution < 1.29 is 18.0 Å². The summed E-state index contributed by atoms with van der Waals surface area (Å²) >= 11 is 0. The second-order valence-electron chi connectivity index (χ2n) is 5.48. The predicted molar refractivity (Wildman–Crippen MR) is 87.3 cm³/mol. The SMILES string of the molecule is CC(C)[C@H](N)C(=O)Nc1cnn(-c2ccc(C(F)(F)F)cc2)c1.Cl. The van der Waals surface area contributed by atoms with Crippen LogP contribution in [0, 0.1) is 5.92 Å². The van der Waals surface area contributed by atoms with E-state index >= 15 is 0 Å². The van der Waals surface area contributed by atoms with Crippen molar-refractivity contribution in [2.24, 2.45) is 11.7 Å². The molecule has 2 rings (SSSR count). The molecule has 0 bridgehead atoms. The van der Waals surface area contributed by atoms with Crippen LogP contribution < -0.4 is 11.1 Å². The number of hydrogen-bond donors (Lipinski definition) is 2. The lowest BCUT2D eigenvalue weighted by atomic mass is 10.1. The van der Waals surface area contributed by atoms with E-state index in [4.69, 9.17) is 5.73 Å². The lowest BCUT2D eigenvalue weighted by Crippen LogP contribution is -2.39. The van der Waals surface area contributed by atoms with E-state index in [1.54, 1.807) is 0 Å². The molecule has 1 aromatic heterocycles. The summed E-state index contributed by atoms with van der Waals surface area (Å²) in [6.07, 6.45) is -1.47. The molecule has 1 amide bonds. The third kappa shape index (κ3) is 4.72. The third-order valence-corrected chi connectivity index (χ3v) is 3.33. The van der Waals surface area contributed by atoms with E-state index in [0.717, 1.165) is 12.1 Å². The van der Waals surface area contributed by atoms with Gasteiger partial charge >= 0.3 is 6.18 Å². The fourth-order valence-corrected chi connectivity index (χ4v) is 1.86.